The number of benzene rings is 3. The van der Waals surface area contributed by atoms with E-state index in [0.717, 1.165) is 0 Å². The number of rotatable bonds is 4. The van der Waals surface area contributed by atoms with E-state index < -0.39 is 9.84 Å². The molecule has 0 N–H and O–H groups in total. The van der Waals surface area contributed by atoms with Gasteiger partial charge in [0.25, 0.3) is 5.56 Å². The van der Waals surface area contributed by atoms with Crippen LogP contribution in [0, 0.1) is 6.92 Å². The average molecular weight is 496 g/mol. The molecule has 0 radical (unpaired) electrons. The van der Waals surface area contributed by atoms with Gasteiger partial charge < -0.3 is 0 Å². The van der Waals surface area contributed by atoms with E-state index in [1.54, 1.807) is 41.3 Å². The largest absolute Gasteiger partial charge is 0.285 e. The Morgan fingerprint density at radius 1 is 0.833 bits per heavy atom. The Labute approximate surface area is 206 Å². The van der Waals surface area contributed by atoms with Gasteiger partial charge in [-0.25, -0.2) is 23.1 Å². The van der Waals surface area contributed by atoms with Crippen LogP contribution in [0.15, 0.2) is 106 Å². The van der Waals surface area contributed by atoms with Crippen molar-refractivity contribution in [3.8, 4) is 16.9 Å². The summed E-state index contributed by atoms with van der Waals surface area (Å²) in [4.78, 5) is 23.1. The van der Waals surface area contributed by atoms with Crippen molar-refractivity contribution >= 4 is 26.6 Å². The lowest BCUT2D eigenvalue weighted by Crippen LogP contribution is -2.21. The summed E-state index contributed by atoms with van der Waals surface area (Å²) in [5.74, 6) is 0.312. The highest BCUT2D eigenvalue weighted by atomic mass is 32.2. The van der Waals surface area contributed by atoms with Crippen LogP contribution >= 0.6 is 0 Å². The van der Waals surface area contributed by atoms with Crippen molar-refractivity contribution in [2.75, 3.05) is 0 Å². The molecule has 0 aliphatic carbocycles. The lowest BCUT2D eigenvalue weighted by molar-refractivity contribution is 0.595. The SMILES string of the molecule is Cc1c(-c2c(S(=O)(=O)c3ccccc3)cnc3nc4ccccc4n23)c(=O)n(-c2ccccc2)n1C. The molecule has 178 valence electrons. The van der Waals surface area contributed by atoms with Crippen LogP contribution in [0.1, 0.15) is 5.69 Å². The quantitative estimate of drug-likeness (QED) is 0.366. The third-order valence-electron chi connectivity index (χ3n) is 6.43. The zero-order valence-electron chi connectivity index (χ0n) is 19.5. The molecule has 0 fully saturated rings. The van der Waals surface area contributed by atoms with Gasteiger partial charge in [-0.05, 0) is 43.3 Å². The summed E-state index contributed by atoms with van der Waals surface area (Å²) >= 11 is 0. The summed E-state index contributed by atoms with van der Waals surface area (Å²) in [5, 5.41) is 0. The molecule has 0 saturated carbocycles. The van der Waals surface area contributed by atoms with Crippen LogP contribution in [0.3, 0.4) is 0 Å². The van der Waals surface area contributed by atoms with Crippen molar-refractivity contribution < 1.29 is 8.42 Å². The van der Waals surface area contributed by atoms with Gasteiger partial charge >= 0.3 is 0 Å². The molecule has 0 spiro atoms. The second kappa shape index (κ2) is 8.03. The minimum atomic E-state index is -4.03. The first-order valence-corrected chi connectivity index (χ1v) is 12.8. The number of para-hydroxylation sites is 3. The van der Waals surface area contributed by atoms with Crippen molar-refractivity contribution in [3.05, 3.63) is 107 Å². The number of fused-ring (bicyclic) bond motifs is 3. The van der Waals surface area contributed by atoms with Crippen LogP contribution in [-0.4, -0.2) is 32.2 Å². The molecule has 8 nitrogen and oxygen atoms in total. The highest BCUT2D eigenvalue weighted by Gasteiger charge is 2.30. The average Bonchev–Trinajstić information content (AvgIpc) is 3.38. The third-order valence-corrected chi connectivity index (χ3v) is 8.20. The zero-order valence-corrected chi connectivity index (χ0v) is 20.3. The number of hydrogen-bond donors (Lipinski definition) is 0. The van der Waals surface area contributed by atoms with Gasteiger partial charge in [0.1, 0.15) is 4.90 Å². The van der Waals surface area contributed by atoms with E-state index >= 15 is 0 Å². The first kappa shape index (κ1) is 22.0. The molecule has 0 aliphatic heterocycles. The fourth-order valence-corrected chi connectivity index (χ4v) is 6.02. The normalized spacial score (nSPS) is 11.9. The van der Waals surface area contributed by atoms with Crippen molar-refractivity contribution in [2.24, 2.45) is 7.05 Å². The first-order valence-electron chi connectivity index (χ1n) is 11.3. The molecule has 0 bridgehead atoms. The fraction of sp³-hybridized carbons (Fsp3) is 0.0741. The molecule has 6 rings (SSSR count). The number of aromatic nitrogens is 5. The van der Waals surface area contributed by atoms with Crippen LogP contribution in [0.2, 0.25) is 0 Å². The molecule has 0 saturated heterocycles. The highest BCUT2D eigenvalue weighted by Crippen LogP contribution is 2.34. The molecule has 36 heavy (non-hydrogen) atoms. The van der Waals surface area contributed by atoms with Crippen molar-refractivity contribution in [1.82, 2.24) is 23.7 Å². The van der Waals surface area contributed by atoms with Gasteiger partial charge in [0, 0.05) is 12.7 Å². The Morgan fingerprint density at radius 2 is 1.47 bits per heavy atom. The molecule has 0 aliphatic rings. The number of nitrogens with zero attached hydrogens (tertiary/aromatic N) is 5. The molecular formula is C27H21N5O3S. The monoisotopic (exact) mass is 495 g/mol. The van der Waals surface area contributed by atoms with Crippen LogP contribution in [0.4, 0.5) is 0 Å². The van der Waals surface area contributed by atoms with Gasteiger partial charge in [-0.1, -0.05) is 48.5 Å². The minimum absolute atomic E-state index is 0.0598. The summed E-state index contributed by atoms with van der Waals surface area (Å²) in [6.07, 6.45) is 1.30. The fourth-order valence-electron chi connectivity index (χ4n) is 4.61. The third kappa shape index (κ3) is 3.13. The maximum absolute atomic E-state index is 14.0. The molecule has 6 aromatic rings. The Bertz CT molecular complexity index is 1940. The van der Waals surface area contributed by atoms with E-state index in [0.29, 0.717) is 28.2 Å². The highest BCUT2D eigenvalue weighted by molar-refractivity contribution is 7.91. The van der Waals surface area contributed by atoms with E-state index in [1.165, 1.54) is 23.0 Å². The molecule has 3 aromatic heterocycles. The van der Waals surface area contributed by atoms with Gasteiger partial charge in [0.2, 0.25) is 15.6 Å². The van der Waals surface area contributed by atoms with Crippen molar-refractivity contribution in [1.29, 1.82) is 0 Å². The van der Waals surface area contributed by atoms with Gasteiger partial charge in [-0.2, -0.15) is 0 Å². The summed E-state index contributed by atoms with van der Waals surface area (Å²) in [7, 11) is -2.25. The van der Waals surface area contributed by atoms with E-state index in [-0.39, 0.29) is 26.6 Å². The van der Waals surface area contributed by atoms with E-state index in [9.17, 15) is 13.2 Å². The van der Waals surface area contributed by atoms with Crippen LogP contribution in [0.5, 0.6) is 0 Å². The maximum atomic E-state index is 14.0. The summed E-state index contributed by atoms with van der Waals surface area (Å²) in [5.41, 5.74) is 2.77. The molecular weight excluding hydrogens is 474 g/mol. The van der Waals surface area contributed by atoms with E-state index in [2.05, 4.69) is 9.97 Å². The van der Waals surface area contributed by atoms with E-state index in [4.69, 9.17) is 0 Å². The van der Waals surface area contributed by atoms with Crippen LogP contribution in [-0.2, 0) is 16.9 Å². The second-order valence-corrected chi connectivity index (χ2v) is 10.4. The number of sulfone groups is 1. The minimum Gasteiger partial charge on any atom is -0.285 e. The molecule has 3 aromatic carbocycles. The second-order valence-electron chi connectivity index (χ2n) is 8.46. The zero-order chi connectivity index (χ0) is 25.0. The molecule has 0 amide bonds. The topological polar surface area (TPSA) is 91.3 Å². The Balaban J connectivity index is 1.79. The standard InChI is InChI=1S/C27H21N5O3S/c1-18-24(26(33)32(30(18)2)19-11-5-3-6-12-19)25-23(36(34,35)20-13-7-4-8-14-20)17-28-27-29-21-15-9-10-16-22(21)31(25)27/h3-17H,1-2H3. The van der Waals surface area contributed by atoms with Gasteiger partial charge in [-0.15, -0.1) is 0 Å². The van der Waals surface area contributed by atoms with Gasteiger partial charge in [0.15, 0.2) is 0 Å². The first-order chi connectivity index (χ1) is 17.4. The molecule has 9 heteroatoms. The lowest BCUT2D eigenvalue weighted by atomic mass is 10.1. The molecule has 3 heterocycles. The Hall–Kier alpha value is -4.50. The van der Waals surface area contributed by atoms with Crippen molar-refractivity contribution in [3.63, 3.8) is 0 Å². The number of imidazole rings is 1. The van der Waals surface area contributed by atoms with E-state index in [1.807, 2.05) is 54.6 Å². The predicted octanol–water partition coefficient (Wildman–Crippen LogP) is 4.18. The predicted molar refractivity (Wildman–Crippen MR) is 137 cm³/mol. The molecule has 0 unspecified atom stereocenters. The Kier molecular flexibility index (Phi) is 4.90. The Morgan fingerprint density at radius 3 is 2.19 bits per heavy atom. The smallest absolute Gasteiger partial charge is 0.281 e. The maximum Gasteiger partial charge on any atom is 0.281 e. The van der Waals surface area contributed by atoms with Gasteiger partial charge in [0.05, 0.1) is 39.1 Å². The number of hydrogen-bond acceptors (Lipinski definition) is 5. The summed E-state index contributed by atoms with van der Waals surface area (Å²) in [6, 6.07) is 24.8. The van der Waals surface area contributed by atoms with Gasteiger partial charge in [-0.3, -0.25) is 13.9 Å². The lowest BCUT2D eigenvalue weighted by Gasteiger charge is -2.12. The summed E-state index contributed by atoms with van der Waals surface area (Å²) < 4.78 is 32.8. The summed E-state index contributed by atoms with van der Waals surface area (Å²) in [6.45, 7) is 1.81. The van der Waals surface area contributed by atoms with Crippen LogP contribution < -0.4 is 5.56 Å². The molecule has 0 atom stereocenters. The van der Waals surface area contributed by atoms with Crippen LogP contribution in [0.25, 0.3) is 33.8 Å². The van der Waals surface area contributed by atoms with Crippen molar-refractivity contribution in [2.45, 2.75) is 16.7 Å².